The Morgan fingerprint density at radius 1 is 1.00 bits per heavy atom. The summed E-state index contributed by atoms with van der Waals surface area (Å²) in [6, 6.07) is 11.0. The lowest BCUT2D eigenvalue weighted by Gasteiger charge is -2.14. The van der Waals surface area contributed by atoms with E-state index in [1.807, 2.05) is 0 Å². The fourth-order valence-electron chi connectivity index (χ4n) is 2.74. The molecule has 2 aromatic carbocycles. The van der Waals surface area contributed by atoms with Gasteiger partial charge in [0.15, 0.2) is 5.82 Å². The fraction of sp³-hybridized carbons (Fsp3) is 0. The molecule has 0 bridgehead atoms. The third-order valence-electron chi connectivity index (χ3n) is 3.89. The van der Waals surface area contributed by atoms with Crippen LogP contribution in [0.25, 0.3) is 22.4 Å². The quantitative estimate of drug-likeness (QED) is 0.545. The maximum Gasteiger partial charge on any atom is 0.342 e. The summed E-state index contributed by atoms with van der Waals surface area (Å²) in [5, 5.41) is -0.181. The minimum atomic E-state index is -0.750. The maximum absolute atomic E-state index is 14.0. The second-order valence-corrected chi connectivity index (χ2v) is 5.85. The summed E-state index contributed by atoms with van der Waals surface area (Å²) in [5.74, 6) is -0.704. The molecule has 26 heavy (non-hydrogen) atoms. The van der Waals surface area contributed by atoms with Crippen LogP contribution in [0.4, 0.5) is 4.39 Å². The number of para-hydroxylation sites is 1. The molecule has 128 valence electrons. The van der Waals surface area contributed by atoms with Crippen molar-refractivity contribution in [2.24, 2.45) is 0 Å². The third kappa shape index (κ3) is 2.49. The van der Waals surface area contributed by atoms with Crippen molar-refractivity contribution in [3.8, 4) is 11.5 Å². The van der Waals surface area contributed by atoms with Gasteiger partial charge in [-0.25, -0.2) is 18.7 Å². The van der Waals surface area contributed by atoms with Crippen LogP contribution in [0.15, 0.2) is 70.6 Å². The summed E-state index contributed by atoms with van der Waals surface area (Å²) in [7, 11) is 0. The molecule has 0 spiro atoms. The maximum atomic E-state index is 14.0. The predicted molar refractivity (Wildman–Crippen MR) is 95.7 cm³/mol. The Morgan fingerprint density at radius 3 is 2.46 bits per heavy atom. The number of halogens is 2. The van der Waals surface area contributed by atoms with Gasteiger partial charge in [0.05, 0.1) is 27.8 Å². The molecule has 0 radical (unpaired) electrons. The summed E-state index contributed by atoms with van der Waals surface area (Å²) in [5.41, 5.74) is -0.648. The van der Waals surface area contributed by atoms with Crippen LogP contribution in [-0.2, 0) is 0 Å². The predicted octanol–water partition coefficient (Wildman–Crippen LogP) is 2.72. The van der Waals surface area contributed by atoms with Gasteiger partial charge in [0.1, 0.15) is 5.82 Å². The van der Waals surface area contributed by atoms with E-state index in [-0.39, 0.29) is 21.7 Å². The van der Waals surface area contributed by atoms with Gasteiger partial charge in [0.2, 0.25) is 0 Å². The Bertz CT molecular complexity index is 1240. The molecule has 2 aromatic heterocycles. The van der Waals surface area contributed by atoms with Gasteiger partial charge < -0.3 is 0 Å². The first kappa shape index (κ1) is 16.2. The molecule has 2 heterocycles. The van der Waals surface area contributed by atoms with E-state index < -0.39 is 17.1 Å². The van der Waals surface area contributed by atoms with Crippen LogP contribution in [0.5, 0.6) is 0 Å². The Labute approximate surface area is 150 Å². The Hall–Kier alpha value is -3.32. The van der Waals surface area contributed by atoms with Crippen molar-refractivity contribution in [2.75, 3.05) is 0 Å². The van der Waals surface area contributed by atoms with Gasteiger partial charge >= 0.3 is 5.69 Å². The number of hydrogen-bond acceptors (Lipinski definition) is 4. The molecule has 0 fully saturated rings. The summed E-state index contributed by atoms with van der Waals surface area (Å²) in [6.07, 6.45) is 4.07. The smallest absolute Gasteiger partial charge is 0.268 e. The molecule has 0 unspecified atom stereocenters. The topological polar surface area (TPSA) is 69.8 Å². The Morgan fingerprint density at radius 2 is 1.77 bits per heavy atom. The summed E-state index contributed by atoms with van der Waals surface area (Å²) in [6.45, 7) is 0. The Balaban J connectivity index is 2.24. The average Bonchev–Trinajstić information content (AvgIpc) is 2.66. The largest absolute Gasteiger partial charge is 0.342 e. The fourth-order valence-corrected chi connectivity index (χ4v) is 2.90. The third-order valence-corrected chi connectivity index (χ3v) is 4.18. The van der Waals surface area contributed by atoms with Crippen LogP contribution in [0.3, 0.4) is 0 Å². The minimum Gasteiger partial charge on any atom is -0.268 e. The van der Waals surface area contributed by atoms with Crippen LogP contribution in [-0.4, -0.2) is 19.1 Å². The summed E-state index contributed by atoms with van der Waals surface area (Å²) >= 11 is 5.89. The van der Waals surface area contributed by atoms with Gasteiger partial charge in [-0.05, 0) is 24.3 Å². The molecule has 0 saturated carbocycles. The van der Waals surface area contributed by atoms with Crippen molar-refractivity contribution in [3.63, 3.8) is 0 Å². The van der Waals surface area contributed by atoms with Gasteiger partial charge in [0.25, 0.3) is 5.56 Å². The van der Waals surface area contributed by atoms with Crippen molar-refractivity contribution in [2.45, 2.75) is 0 Å². The first-order valence-electron chi connectivity index (χ1n) is 7.56. The lowest BCUT2D eigenvalue weighted by molar-refractivity contribution is 0.629. The number of nitrogens with zero attached hydrogens (tertiary/aromatic N) is 4. The van der Waals surface area contributed by atoms with Crippen molar-refractivity contribution in [1.29, 1.82) is 0 Å². The summed E-state index contributed by atoms with van der Waals surface area (Å²) < 4.78 is 16.1. The highest BCUT2D eigenvalue weighted by atomic mass is 35.5. The second-order valence-electron chi connectivity index (χ2n) is 5.44. The highest BCUT2D eigenvalue weighted by Crippen LogP contribution is 2.22. The molecule has 4 rings (SSSR count). The van der Waals surface area contributed by atoms with E-state index in [9.17, 15) is 14.0 Å². The van der Waals surface area contributed by atoms with Gasteiger partial charge in [-0.15, -0.1) is 0 Å². The molecule has 6 nitrogen and oxygen atoms in total. The lowest BCUT2D eigenvalue weighted by atomic mass is 10.2. The van der Waals surface area contributed by atoms with Crippen LogP contribution >= 0.6 is 11.6 Å². The van der Waals surface area contributed by atoms with Crippen molar-refractivity contribution < 1.29 is 4.39 Å². The van der Waals surface area contributed by atoms with E-state index >= 15 is 0 Å². The first-order chi connectivity index (χ1) is 12.6. The standard InChI is InChI=1S/C18H10ClFN4O2/c19-13-9-15-12(8-14(13)20)17(25)24(16-10-21-6-7-22-16)18(26)23(15)11-4-2-1-3-5-11/h1-10H. The average molecular weight is 369 g/mol. The molecule has 0 aliphatic carbocycles. The van der Waals surface area contributed by atoms with Gasteiger partial charge in [-0.2, -0.15) is 0 Å². The molecule has 0 aliphatic heterocycles. The number of benzene rings is 2. The minimum absolute atomic E-state index is 0.000932. The SMILES string of the molecule is O=c1c2cc(F)c(Cl)cc2n(-c2ccccc2)c(=O)n1-c1cnccn1. The van der Waals surface area contributed by atoms with E-state index in [2.05, 4.69) is 9.97 Å². The molecule has 4 aromatic rings. The molecule has 0 aliphatic rings. The van der Waals surface area contributed by atoms with Gasteiger partial charge in [-0.1, -0.05) is 29.8 Å². The zero-order valence-electron chi connectivity index (χ0n) is 13.1. The van der Waals surface area contributed by atoms with Crippen LogP contribution < -0.4 is 11.2 Å². The van der Waals surface area contributed by atoms with Crippen molar-refractivity contribution in [3.05, 3.63) is 92.7 Å². The Kier molecular flexibility index (Phi) is 3.85. The number of fused-ring (bicyclic) bond motifs is 1. The molecular weight excluding hydrogens is 359 g/mol. The molecule has 0 saturated heterocycles. The van der Waals surface area contributed by atoms with Crippen LogP contribution in [0, 0.1) is 5.82 Å². The molecule has 8 heteroatoms. The van der Waals surface area contributed by atoms with E-state index in [0.717, 1.165) is 10.6 Å². The first-order valence-corrected chi connectivity index (χ1v) is 7.94. The monoisotopic (exact) mass is 368 g/mol. The van der Waals surface area contributed by atoms with E-state index in [1.54, 1.807) is 30.3 Å². The number of rotatable bonds is 2. The van der Waals surface area contributed by atoms with Gasteiger partial charge in [0, 0.05) is 12.4 Å². The molecule has 0 N–H and O–H groups in total. The second kappa shape index (κ2) is 6.20. The lowest BCUT2D eigenvalue weighted by Crippen LogP contribution is -2.39. The van der Waals surface area contributed by atoms with E-state index in [4.69, 9.17) is 11.6 Å². The zero-order valence-corrected chi connectivity index (χ0v) is 13.9. The van der Waals surface area contributed by atoms with Crippen molar-refractivity contribution in [1.82, 2.24) is 19.1 Å². The van der Waals surface area contributed by atoms with E-state index in [0.29, 0.717) is 5.69 Å². The van der Waals surface area contributed by atoms with Crippen LogP contribution in [0.1, 0.15) is 0 Å². The number of aromatic nitrogens is 4. The van der Waals surface area contributed by atoms with E-state index in [1.165, 1.54) is 29.2 Å². The molecule has 0 atom stereocenters. The molecular formula is C18H10ClFN4O2. The zero-order chi connectivity index (χ0) is 18.3. The highest BCUT2D eigenvalue weighted by molar-refractivity contribution is 6.31. The number of hydrogen-bond donors (Lipinski definition) is 0. The normalized spacial score (nSPS) is 11.0. The van der Waals surface area contributed by atoms with Crippen molar-refractivity contribution >= 4 is 22.5 Å². The van der Waals surface area contributed by atoms with Crippen LogP contribution in [0.2, 0.25) is 5.02 Å². The summed E-state index contributed by atoms with van der Waals surface area (Å²) in [4.78, 5) is 33.9. The highest BCUT2D eigenvalue weighted by Gasteiger charge is 2.18. The molecule has 0 amide bonds. The van der Waals surface area contributed by atoms with Gasteiger partial charge in [-0.3, -0.25) is 14.3 Å².